The molecular formula is C19H16N2. The quantitative estimate of drug-likeness (QED) is 0.648. The fourth-order valence-electron chi connectivity index (χ4n) is 3.03. The third-order valence-electron chi connectivity index (χ3n) is 4.02. The Hall–Kier alpha value is -2.48. The van der Waals surface area contributed by atoms with Crippen molar-refractivity contribution in [2.75, 3.05) is 0 Å². The Balaban J connectivity index is 2.08. The molecule has 1 aliphatic rings. The number of hydrogen-bond donors (Lipinski definition) is 0. The van der Waals surface area contributed by atoms with Crippen LogP contribution in [0, 0.1) is 6.92 Å². The van der Waals surface area contributed by atoms with E-state index in [-0.39, 0.29) is 0 Å². The maximum Gasteiger partial charge on any atom is 0.126 e. The maximum absolute atomic E-state index is 4.71. The molecule has 1 aromatic heterocycles. The molecule has 21 heavy (non-hydrogen) atoms. The third kappa shape index (κ3) is 2.04. The minimum Gasteiger partial charge on any atom is -0.233 e. The van der Waals surface area contributed by atoms with E-state index in [0.29, 0.717) is 0 Å². The molecule has 0 fully saturated rings. The summed E-state index contributed by atoms with van der Waals surface area (Å²) in [6.45, 7) is 1.97. The fourth-order valence-corrected chi connectivity index (χ4v) is 3.03. The number of hydrogen-bond acceptors (Lipinski definition) is 2. The molecule has 4 rings (SSSR count). The highest BCUT2D eigenvalue weighted by molar-refractivity contribution is 5.97. The van der Waals surface area contributed by atoms with Gasteiger partial charge in [-0.3, -0.25) is 0 Å². The summed E-state index contributed by atoms with van der Waals surface area (Å²) in [7, 11) is 0. The van der Waals surface area contributed by atoms with E-state index < -0.39 is 0 Å². The van der Waals surface area contributed by atoms with Crippen LogP contribution in [0.5, 0.6) is 0 Å². The van der Waals surface area contributed by atoms with Crippen LogP contribution in [0.15, 0.2) is 48.5 Å². The van der Waals surface area contributed by atoms with Gasteiger partial charge in [0.1, 0.15) is 5.82 Å². The summed E-state index contributed by atoms with van der Waals surface area (Å²) < 4.78 is 0. The highest BCUT2D eigenvalue weighted by Crippen LogP contribution is 2.32. The van der Waals surface area contributed by atoms with Crippen LogP contribution in [0.4, 0.5) is 0 Å². The smallest absolute Gasteiger partial charge is 0.126 e. The Morgan fingerprint density at radius 3 is 2.67 bits per heavy atom. The Labute approximate surface area is 124 Å². The minimum absolute atomic E-state index is 0.828. The van der Waals surface area contributed by atoms with Gasteiger partial charge in [-0.1, -0.05) is 54.6 Å². The van der Waals surface area contributed by atoms with Gasteiger partial charge < -0.3 is 0 Å². The number of benzene rings is 2. The molecule has 2 heteroatoms. The Bertz CT molecular complexity index is 848. The number of rotatable bonds is 1. The van der Waals surface area contributed by atoms with Crippen molar-refractivity contribution < 1.29 is 0 Å². The van der Waals surface area contributed by atoms with Crippen molar-refractivity contribution in [2.24, 2.45) is 0 Å². The van der Waals surface area contributed by atoms with Gasteiger partial charge in [-0.15, -0.1) is 0 Å². The predicted octanol–water partition coefficient (Wildman–Crippen LogP) is 4.56. The number of nitrogens with zero attached hydrogens (tertiary/aromatic N) is 2. The summed E-state index contributed by atoms with van der Waals surface area (Å²) in [4.78, 5) is 9.40. The Kier molecular flexibility index (Phi) is 2.81. The van der Waals surface area contributed by atoms with Gasteiger partial charge in [0.15, 0.2) is 0 Å². The van der Waals surface area contributed by atoms with Crippen molar-refractivity contribution in [3.63, 3.8) is 0 Å². The van der Waals surface area contributed by atoms with Crippen molar-refractivity contribution >= 4 is 17.0 Å². The summed E-state index contributed by atoms with van der Waals surface area (Å²) >= 11 is 0. The second-order valence-corrected chi connectivity index (χ2v) is 5.46. The zero-order valence-corrected chi connectivity index (χ0v) is 12.0. The first-order valence-electron chi connectivity index (χ1n) is 7.35. The van der Waals surface area contributed by atoms with Gasteiger partial charge in [-0.2, -0.15) is 0 Å². The van der Waals surface area contributed by atoms with E-state index in [0.717, 1.165) is 40.8 Å². The van der Waals surface area contributed by atoms with E-state index in [2.05, 4.69) is 53.5 Å². The summed E-state index contributed by atoms with van der Waals surface area (Å²) in [5.74, 6) is 0.828. The molecule has 0 saturated heterocycles. The van der Waals surface area contributed by atoms with Crippen molar-refractivity contribution in [3.05, 3.63) is 65.5 Å². The molecule has 0 amide bonds. The predicted molar refractivity (Wildman–Crippen MR) is 87.1 cm³/mol. The van der Waals surface area contributed by atoms with Crippen molar-refractivity contribution in [1.29, 1.82) is 0 Å². The standard InChI is InChI=1S/C19H16N2/c1-13-20-18(15-8-3-2-4-9-15)17-12-11-14-7-5-6-10-16(14)19(17)21-13/h2-4,6,8-12H,5,7H2,1H3. The van der Waals surface area contributed by atoms with Crippen LogP contribution in [0.2, 0.25) is 0 Å². The normalized spacial score (nSPS) is 13.4. The number of fused-ring (bicyclic) bond motifs is 3. The second-order valence-electron chi connectivity index (χ2n) is 5.46. The van der Waals surface area contributed by atoms with Crippen molar-refractivity contribution in [2.45, 2.75) is 19.8 Å². The molecule has 0 aliphatic heterocycles. The molecule has 0 radical (unpaired) electrons. The molecule has 2 aromatic carbocycles. The minimum atomic E-state index is 0.828. The average molecular weight is 272 g/mol. The highest BCUT2D eigenvalue weighted by atomic mass is 14.9. The summed E-state index contributed by atoms with van der Waals surface area (Å²) in [5, 5.41) is 1.14. The lowest BCUT2D eigenvalue weighted by molar-refractivity contribution is 0.985. The molecule has 1 heterocycles. The topological polar surface area (TPSA) is 25.8 Å². The Morgan fingerprint density at radius 2 is 1.81 bits per heavy atom. The van der Waals surface area contributed by atoms with E-state index in [1.165, 1.54) is 11.1 Å². The molecule has 3 aromatic rings. The molecule has 2 nitrogen and oxygen atoms in total. The van der Waals surface area contributed by atoms with Crippen LogP contribution in [0.25, 0.3) is 28.2 Å². The lowest BCUT2D eigenvalue weighted by Gasteiger charge is -2.15. The number of aryl methyl sites for hydroxylation is 2. The lowest BCUT2D eigenvalue weighted by atomic mass is 9.93. The van der Waals surface area contributed by atoms with Crippen LogP contribution in [-0.4, -0.2) is 9.97 Å². The van der Waals surface area contributed by atoms with Gasteiger partial charge in [0, 0.05) is 16.5 Å². The zero-order valence-electron chi connectivity index (χ0n) is 12.0. The van der Waals surface area contributed by atoms with Gasteiger partial charge in [0.2, 0.25) is 0 Å². The van der Waals surface area contributed by atoms with Crippen LogP contribution < -0.4 is 0 Å². The molecule has 0 spiro atoms. The van der Waals surface area contributed by atoms with Crippen LogP contribution in [0.1, 0.15) is 23.4 Å². The van der Waals surface area contributed by atoms with Gasteiger partial charge in [-0.25, -0.2) is 9.97 Å². The molecule has 0 bridgehead atoms. The highest BCUT2D eigenvalue weighted by Gasteiger charge is 2.14. The molecule has 1 aliphatic carbocycles. The first-order chi connectivity index (χ1) is 10.3. The second kappa shape index (κ2) is 4.81. The average Bonchev–Trinajstić information content (AvgIpc) is 2.55. The summed E-state index contributed by atoms with van der Waals surface area (Å²) in [6, 6.07) is 14.8. The zero-order chi connectivity index (χ0) is 14.2. The van der Waals surface area contributed by atoms with E-state index in [1.54, 1.807) is 0 Å². The number of aromatic nitrogens is 2. The van der Waals surface area contributed by atoms with Gasteiger partial charge in [-0.05, 0) is 25.3 Å². The van der Waals surface area contributed by atoms with Crippen LogP contribution >= 0.6 is 0 Å². The first kappa shape index (κ1) is 12.3. The number of allylic oxidation sites excluding steroid dienone is 1. The SMILES string of the molecule is Cc1nc(-c2ccccc2)c2ccc3c(c2n1)C=CCC3. The van der Waals surface area contributed by atoms with Crippen LogP contribution in [0.3, 0.4) is 0 Å². The molecule has 0 unspecified atom stereocenters. The van der Waals surface area contributed by atoms with E-state index in [4.69, 9.17) is 4.98 Å². The first-order valence-corrected chi connectivity index (χ1v) is 7.35. The van der Waals surface area contributed by atoms with Crippen molar-refractivity contribution in [1.82, 2.24) is 9.97 Å². The Morgan fingerprint density at radius 1 is 0.952 bits per heavy atom. The van der Waals surface area contributed by atoms with E-state index >= 15 is 0 Å². The van der Waals surface area contributed by atoms with E-state index in [9.17, 15) is 0 Å². The van der Waals surface area contributed by atoms with E-state index in [1.807, 2.05) is 13.0 Å². The lowest BCUT2D eigenvalue weighted by Crippen LogP contribution is -2.00. The molecule has 102 valence electrons. The monoisotopic (exact) mass is 272 g/mol. The van der Waals surface area contributed by atoms with Gasteiger partial charge >= 0.3 is 0 Å². The van der Waals surface area contributed by atoms with Gasteiger partial charge in [0.25, 0.3) is 0 Å². The maximum atomic E-state index is 4.71. The van der Waals surface area contributed by atoms with Crippen molar-refractivity contribution in [3.8, 4) is 11.3 Å². The summed E-state index contributed by atoms with van der Waals surface area (Å²) in [6.07, 6.45) is 6.67. The molecule has 0 N–H and O–H groups in total. The molecule has 0 saturated carbocycles. The van der Waals surface area contributed by atoms with Gasteiger partial charge in [0.05, 0.1) is 11.2 Å². The fraction of sp³-hybridized carbons (Fsp3) is 0.158. The van der Waals surface area contributed by atoms with Crippen LogP contribution in [-0.2, 0) is 6.42 Å². The largest absolute Gasteiger partial charge is 0.233 e. The third-order valence-corrected chi connectivity index (χ3v) is 4.02. The molecular weight excluding hydrogens is 256 g/mol. The molecule has 0 atom stereocenters. The summed E-state index contributed by atoms with van der Waals surface area (Å²) in [5.41, 5.74) is 5.91.